The number of nitrogens with one attached hydrogen (secondary N) is 2. The van der Waals surface area contributed by atoms with Crippen LogP contribution in [-0.4, -0.2) is 11.0 Å². The molecule has 4 nitrogen and oxygen atoms in total. The molecule has 3 N–H and O–H groups in total. The maximum absolute atomic E-state index is 12.7. The Morgan fingerprint density at radius 3 is 2.88 bits per heavy atom. The molecule has 2 aromatic rings. The van der Waals surface area contributed by atoms with Crippen molar-refractivity contribution < 1.29 is 9.90 Å². The summed E-state index contributed by atoms with van der Waals surface area (Å²) in [5.41, 5.74) is 2.64. The highest BCUT2D eigenvalue weighted by Crippen LogP contribution is 2.44. The van der Waals surface area contributed by atoms with Gasteiger partial charge in [0.1, 0.15) is 16.9 Å². The van der Waals surface area contributed by atoms with Crippen molar-refractivity contribution in [3.05, 3.63) is 42.6 Å². The number of carbonyl (C=O) groups excluding carboxylic acids is 1. The Balaban J connectivity index is 1.74. The zero-order valence-electron chi connectivity index (χ0n) is 13.0. The number of thiophene rings is 1. The Morgan fingerprint density at radius 2 is 2.08 bits per heavy atom. The van der Waals surface area contributed by atoms with Gasteiger partial charge in [0.2, 0.25) is 0 Å². The van der Waals surface area contributed by atoms with Crippen LogP contribution in [0.25, 0.3) is 0 Å². The van der Waals surface area contributed by atoms with Crippen LogP contribution in [0.5, 0.6) is 5.75 Å². The van der Waals surface area contributed by atoms with E-state index in [2.05, 4.69) is 49.4 Å². The fourth-order valence-corrected chi connectivity index (χ4v) is 6.12. The Bertz CT molecular complexity index is 850. The summed E-state index contributed by atoms with van der Waals surface area (Å²) in [5.74, 6) is 0.743. The van der Waals surface area contributed by atoms with Gasteiger partial charge in [-0.15, -0.1) is 11.3 Å². The SMILES string of the molecule is C[C@H]1CCc2c(sc3c2C(=O)N[C@H](c2cc(Br)cc(Br)c2O)N3)C1. The van der Waals surface area contributed by atoms with E-state index in [9.17, 15) is 9.90 Å². The van der Waals surface area contributed by atoms with Crippen molar-refractivity contribution in [2.24, 2.45) is 5.92 Å². The average molecular weight is 472 g/mol. The molecule has 1 aliphatic carbocycles. The van der Waals surface area contributed by atoms with Gasteiger partial charge in [-0.05, 0) is 58.8 Å². The fraction of sp³-hybridized carbons (Fsp3) is 0.353. The summed E-state index contributed by atoms with van der Waals surface area (Å²) < 4.78 is 1.43. The molecule has 1 amide bonds. The van der Waals surface area contributed by atoms with E-state index >= 15 is 0 Å². The van der Waals surface area contributed by atoms with E-state index in [1.807, 2.05) is 6.07 Å². The van der Waals surface area contributed by atoms with Gasteiger partial charge < -0.3 is 15.7 Å². The summed E-state index contributed by atoms with van der Waals surface area (Å²) in [4.78, 5) is 14.0. The van der Waals surface area contributed by atoms with Crippen molar-refractivity contribution in [1.82, 2.24) is 5.32 Å². The van der Waals surface area contributed by atoms with Crippen LogP contribution < -0.4 is 10.6 Å². The van der Waals surface area contributed by atoms with Gasteiger partial charge in [-0.1, -0.05) is 22.9 Å². The molecule has 126 valence electrons. The monoisotopic (exact) mass is 470 g/mol. The van der Waals surface area contributed by atoms with E-state index in [0.717, 1.165) is 34.3 Å². The lowest BCUT2D eigenvalue weighted by atomic mass is 9.88. The number of fused-ring (bicyclic) bond motifs is 3. The van der Waals surface area contributed by atoms with Crippen LogP contribution in [0.15, 0.2) is 21.1 Å². The third-order valence-electron chi connectivity index (χ3n) is 4.66. The number of carbonyl (C=O) groups is 1. The lowest BCUT2D eigenvalue weighted by Gasteiger charge is -2.27. The number of halogens is 2. The largest absolute Gasteiger partial charge is 0.506 e. The number of phenols is 1. The summed E-state index contributed by atoms with van der Waals surface area (Å²) in [7, 11) is 0. The van der Waals surface area contributed by atoms with Crippen molar-refractivity contribution in [1.29, 1.82) is 0 Å². The highest BCUT2D eigenvalue weighted by molar-refractivity contribution is 9.11. The number of hydrogen-bond acceptors (Lipinski definition) is 4. The summed E-state index contributed by atoms with van der Waals surface area (Å²) in [6.45, 7) is 2.26. The van der Waals surface area contributed by atoms with Crippen molar-refractivity contribution >= 4 is 54.1 Å². The van der Waals surface area contributed by atoms with Gasteiger partial charge in [0.25, 0.3) is 5.91 Å². The summed E-state index contributed by atoms with van der Waals surface area (Å²) in [6, 6.07) is 3.60. The molecule has 24 heavy (non-hydrogen) atoms. The summed E-state index contributed by atoms with van der Waals surface area (Å²) in [6.07, 6.45) is 2.69. The molecular weight excluding hydrogens is 456 g/mol. The maximum atomic E-state index is 12.7. The lowest BCUT2D eigenvalue weighted by molar-refractivity contribution is 0.0935. The molecular formula is C17H16Br2N2O2S. The Hall–Kier alpha value is -1.05. The molecule has 2 atom stereocenters. The number of phenolic OH excluding ortho intramolecular Hbond substituents is 1. The van der Waals surface area contributed by atoms with E-state index in [4.69, 9.17) is 0 Å². The van der Waals surface area contributed by atoms with E-state index in [0.29, 0.717) is 16.0 Å². The van der Waals surface area contributed by atoms with Crippen LogP contribution >= 0.6 is 43.2 Å². The van der Waals surface area contributed by atoms with Gasteiger partial charge in [-0.3, -0.25) is 4.79 Å². The number of aromatic hydroxyl groups is 1. The minimum absolute atomic E-state index is 0.0590. The van der Waals surface area contributed by atoms with Crippen LogP contribution in [0.1, 0.15) is 45.9 Å². The third kappa shape index (κ3) is 2.66. The predicted molar refractivity (Wildman–Crippen MR) is 103 cm³/mol. The van der Waals surface area contributed by atoms with Gasteiger partial charge in [-0.25, -0.2) is 0 Å². The van der Waals surface area contributed by atoms with E-state index in [1.54, 1.807) is 17.4 Å². The molecule has 0 saturated carbocycles. The quantitative estimate of drug-likeness (QED) is 0.550. The number of hydrogen-bond donors (Lipinski definition) is 3. The Morgan fingerprint density at radius 1 is 1.29 bits per heavy atom. The Kier molecular flexibility index (Phi) is 4.13. The van der Waals surface area contributed by atoms with Crippen molar-refractivity contribution in [3.63, 3.8) is 0 Å². The first-order chi connectivity index (χ1) is 11.4. The average Bonchev–Trinajstić information content (AvgIpc) is 2.88. The second-order valence-electron chi connectivity index (χ2n) is 6.43. The zero-order chi connectivity index (χ0) is 17.0. The predicted octanol–water partition coefficient (Wildman–Crippen LogP) is 4.96. The molecule has 0 radical (unpaired) electrons. The minimum Gasteiger partial charge on any atom is -0.506 e. The van der Waals surface area contributed by atoms with Crippen LogP contribution in [0, 0.1) is 5.92 Å². The van der Waals surface area contributed by atoms with Gasteiger partial charge in [0, 0.05) is 14.9 Å². The van der Waals surface area contributed by atoms with Gasteiger partial charge >= 0.3 is 0 Å². The third-order valence-corrected chi connectivity index (χ3v) is 6.91. The van der Waals surface area contributed by atoms with E-state index < -0.39 is 6.17 Å². The molecule has 1 aromatic heterocycles. The van der Waals surface area contributed by atoms with Crippen molar-refractivity contribution in [2.75, 3.05) is 5.32 Å². The van der Waals surface area contributed by atoms with Crippen molar-refractivity contribution in [3.8, 4) is 5.75 Å². The second-order valence-corrected chi connectivity index (χ2v) is 9.31. The molecule has 0 saturated heterocycles. The van der Waals surface area contributed by atoms with Crippen LogP contribution in [-0.2, 0) is 12.8 Å². The van der Waals surface area contributed by atoms with Crippen LogP contribution in [0.4, 0.5) is 5.00 Å². The molecule has 0 spiro atoms. The summed E-state index contributed by atoms with van der Waals surface area (Å²) in [5, 5.41) is 17.6. The van der Waals surface area contributed by atoms with E-state index in [1.165, 1.54) is 10.4 Å². The Labute approximate surface area is 160 Å². The van der Waals surface area contributed by atoms with Crippen LogP contribution in [0.3, 0.4) is 0 Å². The molecule has 2 aliphatic rings. The second kappa shape index (κ2) is 6.04. The number of benzene rings is 1. The molecule has 7 heteroatoms. The van der Waals surface area contributed by atoms with Gasteiger partial charge in [-0.2, -0.15) is 0 Å². The fourth-order valence-electron chi connectivity index (χ4n) is 3.42. The smallest absolute Gasteiger partial charge is 0.256 e. The number of amides is 1. The normalized spacial score (nSPS) is 22.4. The standard InChI is InChI=1S/C17H16Br2N2O2S/c1-7-2-3-9-12(4-7)24-17-13(9)16(23)20-15(21-17)10-5-8(18)6-11(19)14(10)22/h5-7,15,21-22H,2-4H2,1H3,(H,20,23)/t7-,15-/m0/s1. The van der Waals surface area contributed by atoms with Gasteiger partial charge in [0.15, 0.2) is 0 Å². The van der Waals surface area contributed by atoms with Gasteiger partial charge in [0.05, 0.1) is 10.0 Å². The lowest BCUT2D eigenvalue weighted by Crippen LogP contribution is -2.38. The highest BCUT2D eigenvalue weighted by atomic mass is 79.9. The minimum atomic E-state index is -0.448. The number of anilines is 1. The molecule has 2 heterocycles. The molecule has 1 aromatic carbocycles. The first kappa shape index (κ1) is 16.4. The first-order valence-corrected chi connectivity index (χ1v) is 10.2. The molecule has 0 bridgehead atoms. The summed E-state index contributed by atoms with van der Waals surface area (Å²) >= 11 is 8.46. The maximum Gasteiger partial charge on any atom is 0.256 e. The topological polar surface area (TPSA) is 61.4 Å². The molecule has 0 unspecified atom stereocenters. The number of rotatable bonds is 1. The first-order valence-electron chi connectivity index (χ1n) is 7.84. The van der Waals surface area contributed by atoms with Crippen molar-refractivity contribution in [2.45, 2.75) is 32.4 Å². The van der Waals surface area contributed by atoms with Crippen LogP contribution in [0.2, 0.25) is 0 Å². The molecule has 4 rings (SSSR count). The molecule has 1 aliphatic heterocycles. The van der Waals surface area contributed by atoms with E-state index in [-0.39, 0.29) is 11.7 Å². The molecule has 0 fully saturated rings. The highest BCUT2D eigenvalue weighted by Gasteiger charge is 2.34. The zero-order valence-corrected chi connectivity index (χ0v) is 16.9.